The lowest BCUT2D eigenvalue weighted by Crippen LogP contribution is -2.30. The molecular formula is C10H17N3S. The van der Waals surface area contributed by atoms with Gasteiger partial charge in [0.05, 0.1) is 0 Å². The minimum atomic E-state index is 0.599. The maximum absolute atomic E-state index is 4.02. The molecule has 4 heteroatoms. The third kappa shape index (κ3) is 2.44. The molecule has 0 amide bonds. The van der Waals surface area contributed by atoms with E-state index in [1.165, 1.54) is 19.3 Å². The van der Waals surface area contributed by atoms with Crippen molar-refractivity contribution in [1.29, 1.82) is 0 Å². The third-order valence-electron chi connectivity index (χ3n) is 2.87. The average Bonchev–Trinajstić information content (AvgIpc) is 2.54. The maximum Gasteiger partial charge on any atom is 0.205 e. The van der Waals surface area contributed by atoms with Gasteiger partial charge in [0.25, 0.3) is 0 Å². The molecule has 0 spiro atoms. The molecule has 0 aromatic carbocycles. The van der Waals surface area contributed by atoms with Gasteiger partial charge in [0, 0.05) is 6.04 Å². The molecule has 1 aliphatic rings. The van der Waals surface area contributed by atoms with E-state index in [0.717, 1.165) is 17.0 Å². The zero-order chi connectivity index (χ0) is 9.97. The van der Waals surface area contributed by atoms with Crippen molar-refractivity contribution in [1.82, 2.24) is 10.2 Å². The van der Waals surface area contributed by atoms with Gasteiger partial charge in [-0.25, -0.2) is 0 Å². The predicted octanol–water partition coefficient (Wildman–Crippen LogP) is 2.77. The molecule has 14 heavy (non-hydrogen) atoms. The molecular weight excluding hydrogens is 194 g/mol. The fourth-order valence-corrected chi connectivity index (χ4v) is 3.00. The van der Waals surface area contributed by atoms with E-state index in [1.54, 1.807) is 16.8 Å². The van der Waals surface area contributed by atoms with E-state index in [2.05, 4.69) is 29.4 Å². The predicted molar refractivity (Wildman–Crippen MR) is 59.5 cm³/mol. The number of nitrogens with zero attached hydrogens (tertiary/aromatic N) is 2. The Hall–Kier alpha value is -0.640. The van der Waals surface area contributed by atoms with Gasteiger partial charge in [-0.1, -0.05) is 25.2 Å². The van der Waals surface area contributed by atoms with Crippen LogP contribution in [0.3, 0.4) is 0 Å². The summed E-state index contributed by atoms with van der Waals surface area (Å²) in [5, 5.41) is 12.3. The van der Waals surface area contributed by atoms with Crippen molar-refractivity contribution in [3.63, 3.8) is 0 Å². The third-order valence-corrected chi connectivity index (χ3v) is 3.49. The Bertz CT molecular complexity index is 263. The Labute approximate surface area is 88.9 Å². The van der Waals surface area contributed by atoms with Gasteiger partial charge in [-0.2, -0.15) is 0 Å². The fraction of sp³-hybridized carbons (Fsp3) is 0.800. The lowest BCUT2D eigenvalue weighted by Gasteiger charge is -2.31. The maximum atomic E-state index is 4.02. The molecule has 1 aliphatic carbocycles. The summed E-state index contributed by atoms with van der Waals surface area (Å²) >= 11 is 1.59. The van der Waals surface area contributed by atoms with Gasteiger partial charge < -0.3 is 5.32 Å². The number of anilines is 1. The summed E-state index contributed by atoms with van der Waals surface area (Å²) in [5.41, 5.74) is 1.78. The van der Waals surface area contributed by atoms with Crippen LogP contribution in [0.2, 0.25) is 0 Å². The quantitative estimate of drug-likeness (QED) is 0.817. The zero-order valence-electron chi connectivity index (χ0n) is 8.73. The first-order valence-electron chi connectivity index (χ1n) is 5.26. The summed E-state index contributed by atoms with van der Waals surface area (Å²) in [6.45, 7) is 4.68. The summed E-state index contributed by atoms with van der Waals surface area (Å²) in [6, 6.07) is 0.599. The summed E-state index contributed by atoms with van der Waals surface area (Å²) < 4.78 is 0. The molecule has 0 radical (unpaired) electrons. The van der Waals surface area contributed by atoms with E-state index < -0.39 is 0 Å². The second-order valence-electron chi connectivity index (χ2n) is 4.50. The molecule has 0 bridgehead atoms. The van der Waals surface area contributed by atoms with Crippen molar-refractivity contribution in [2.75, 3.05) is 5.32 Å². The Balaban J connectivity index is 1.91. The Kier molecular flexibility index (Phi) is 3.01. The fourth-order valence-electron chi connectivity index (χ4n) is 2.48. The SMILES string of the molecule is CC1CC(C)CC(Nc2nncs2)C1. The van der Waals surface area contributed by atoms with Gasteiger partial charge in [0.2, 0.25) is 5.13 Å². The molecule has 78 valence electrons. The Morgan fingerprint density at radius 1 is 1.29 bits per heavy atom. The van der Waals surface area contributed by atoms with Crippen LogP contribution in [0.15, 0.2) is 5.51 Å². The second-order valence-corrected chi connectivity index (χ2v) is 5.34. The molecule has 2 atom stereocenters. The lowest BCUT2D eigenvalue weighted by molar-refractivity contribution is 0.280. The minimum Gasteiger partial charge on any atom is -0.357 e. The van der Waals surface area contributed by atoms with E-state index in [1.807, 2.05) is 0 Å². The standard InChI is InChI=1S/C10H17N3S/c1-7-3-8(2)5-9(4-7)12-10-13-11-6-14-10/h6-9H,3-5H2,1-2H3,(H,12,13). The number of hydrogen-bond acceptors (Lipinski definition) is 4. The highest BCUT2D eigenvalue weighted by Gasteiger charge is 2.24. The number of rotatable bonds is 2. The first kappa shape index (κ1) is 9.90. The highest BCUT2D eigenvalue weighted by molar-refractivity contribution is 7.13. The van der Waals surface area contributed by atoms with Gasteiger partial charge in [0.1, 0.15) is 5.51 Å². The van der Waals surface area contributed by atoms with Gasteiger partial charge >= 0.3 is 0 Å². The zero-order valence-corrected chi connectivity index (χ0v) is 9.55. The molecule has 1 N–H and O–H groups in total. The lowest BCUT2D eigenvalue weighted by atomic mass is 9.80. The van der Waals surface area contributed by atoms with Crippen LogP contribution in [-0.2, 0) is 0 Å². The van der Waals surface area contributed by atoms with Crippen molar-refractivity contribution < 1.29 is 0 Å². The van der Waals surface area contributed by atoms with Crippen LogP contribution < -0.4 is 5.32 Å². The van der Waals surface area contributed by atoms with E-state index in [9.17, 15) is 0 Å². The number of nitrogens with one attached hydrogen (secondary N) is 1. The summed E-state index contributed by atoms with van der Waals surface area (Å²) in [7, 11) is 0. The molecule has 2 rings (SSSR count). The van der Waals surface area contributed by atoms with Crippen molar-refractivity contribution in [3.8, 4) is 0 Å². The van der Waals surface area contributed by atoms with Gasteiger partial charge in [-0.05, 0) is 31.1 Å². The van der Waals surface area contributed by atoms with Crippen molar-refractivity contribution in [2.45, 2.75) is 39.2 Å². The van der Waals surface area contributed by atoms with E-state index in [4.69, 9.17) is 0 Å². The topological polar surface area (TPSA) is 37.8 Å². The number of hydrogen-bond donors (Lipinski definition) is 1. The molecule has 1 heterocycles. The summed E-state index contributed by atoms with van der Waals surface area (Å²) in [5.74, 6) is 1.67. The van der Waals surface area contributed by atoms with Crippen molar-refractivity contribution in [3.05, 3.63) is 5.51 Å². The molecule has 1 saturated carbocycles. The molecule has 0 saturated heterocycles. The van der Waals surface area contributed by atoms with Crippen LogP contribution in [0, 0.1) is 11.8 Å². The monoisotopic (exact) mass is 211 g/mol. The summed E-state index contributed by atoms with van der Waals surface area (Å²) in [4.78, 5) is 0. The van der Waals surface area contributed by atoms with Crippen molar-refractivity contribution >= 4 is 16.5 Å². The van der Waals surface area contributed by atoms with Gasteiger partial charge in [-0.15, -0.1) is 10.2 Å². The minimum absolute atomic E-state index is 0.599. The smallest absolute Gasteiger partial charge is 0.205 e. The first-order valence-corrected chi connectivity index (χ1v) is 6.14. The van der Waals surface area contributed by atoms with Crippen LogP contribution in [0.25, 0.3) is 0 Å². The van der Waals surface area contributed by atoms with Gasteiger partial charge in [0.15, 0.2) is 0 Å². The van der Waals surface area contributed by atoms with Crippen LogP contribution >= 0.6 is 11.3 Å². The Morgan fingerprint density at radius 3 is 2.57 bits per heavy atom. The van der Waals surface area contributed by atoms with Crippen molar-refractivity contribution in [2.24, 2.45) is 11.8 Å². The van der Waals surface area contributed by atoms with E-state index >= 15 is 0 Å². The number of aromatic nitrogens is 2. The normalized spacial score (nSPS) is 32.9. The highest BCUT2D eigenvalue weighted by atomic mass is 32.1. The van der Waals surface area contributed by atoms with Crippen LogP contribution in [0.1, 0.15) is 33.1 Å². The van der Waals surface area contributed by atoms with Crippen LogP contribution in [0.5, 0.6) is 0 Å². The van der Waals surface area contributed by atoms with E-state index in [-0.39, 0.29) is 0 Å². The molecule has 1 aromatic heterocycles. The summed E-state index contributed by atoms with van der Waals surface area (Å²) in [6.07, 6.45) is 3.90. The molecule has 1 aromatic rings. The molecule has 0 aliphatic heterocycles. The first-order chi connectivity index (χ1) is 6.74. The average molecular weight is 211 g/mol. The van der Waals surface area contributed by atoms with E-state index in [0.29, 0.717) is 6.04 Å². The largest absolute Gasteiger partial charge is 0.357 e. The molecule has 1 fully saturated rings. The second kappa shape index (κ2) is 4.26. The van der Waals surface area contributed by atoms with Crippen LogP contribution in [-0.4, -0.2) is 16.2 Å². The van der Waals surface area contributed by atoms with Gasteiger partial charge in [-0.3, -0.25) is 0 Å². The highest BCUT2D eigenvalue weighted by Crippen LogP contribution is 2.30. The Morgan fingerprint density at radius 2 is 2.00 bits per heavy atom. The molecule has 3 nitrogen and oxygen atoms in total. The van der Waals surface area contributed by atoms with Crippen LogP contribution in [0.4, 0.5) is 5.13 Å². The molecule has 2 unspecified atom stereocenters.